The predicted octanol–water partition coefficient (Wildman–Crippen LogP) is 1.96. The van der Waals surface area contributed by atoms with Crippen LogP contribution in [0.25, 0.3) is 0 Å². The van der Waals surface area contributed by atoms with Gasteiger partial charge in [0.05, 0.1) is 12.2 Å². The first-order valence-electron chi connectivity index (χ1n) is 5.50. The minimum Gasteiger partial charge on any atom is -0.393 e. The van der Waals surface area contributed by atoms with E-state index in [1.165, 1.54) is 32.1 Å². The maximum atomic E-state index is 9.65. The number of methoxy groups -OCH3 is 1. The van der Waals surface area contributed by atoms with Crippen LogP contribution >= 0.6 is 0 Å². The lowest BCUT2D eigenvalue weighted by atomic mass is 9.76. The highest BCUT2D eigenvalue weighted by molar-refractivity contribution is 4.85. The van der Waals surface area contributed by atoms with Crippen LogP contribution in [0.4, 0.5) is 0 Å². The lowest BCUT2D eigenvalue weighted by molar-refractivity contribution is -0.0138. The van der Waals surface area contributed by atoms with Gasteiger partial charge in [-0.2, -0.15) is 0 Å². The Morgan fingerprint density at radius 1 is 1.31 bits per heavy atom. The van der Waals surface area contributed by atoms with Crippen LogP contribution in [0.3, 0.4) is 0 Å². The second-order valence-corrected chi connectivity index (χ2v) is 4.69. The number of rotatable bonds is 3. The summed E-state index contributed by atoms with van der Waals surface area (Å²) in [6, 6.07) is 0. The molecule has 0 aromatic heterocycles. The van der Waals surface area contributed by atoms with Crippen molar-refractivity contribution in [2.24, 2.45) is 11.8 Å². The maximum Gasteiger partial charge on any atom is 0.0576 e. The Kier molecular flexibility index (Phi) is 2.89. The third-order valence-electron chi connectivity index (χ3n) is 3.78. The number of hydrogen-bond donors (Lipinski definition) is 1. The Morgan fingerprint density at radius 2 is 2.08 bits per heavy atom. The third kappa shape index (κ3) is 2.05. The quantitative estimate of drug-likeness (QED) is 0.726. The van der Waals surface area contributed by atoms with E-state index in [-0.39, 0.29) is 6.10 Å². The topological polar surface area (TPSA) is 29.5 Å². The summed E-state index contributed by atoms with van der Waals surface area (Å²) in [5.74, 6) is 1.44. The molecule has 2 heteroatoms. The van der Waals surface area contributed by atoms with E-state index < -0.39 is 0 Å². The highest BCUT2D eigenvalue weighted by Crippen LogP contribution is 2.39. The molecule has 0 saturated heterocycles. The molecule has 0 aromatic carbocycles. The zero-order chi connectivity index (χ0) is 9.26. The number of aliphatic hydroxyl groups excluding tert-OH is 1. The predicted molar refractivity (Wildman–Crippen MR) is 51.5 cm³/mol. The molecule has 0 bridgehead atoms. The molecule has 2 nitrogen and oxygen atoms in total. The number of hydrogen-bond acceptors (Lipinski definition) is 2. The number of aliphatic hydroxyl groups is 1. The normalized spacial score (nSPS) is 44.8. The molecule has 2 rings (SSSR count). The highest BCUT2D eigenvalue weighted by Gasteiger charge is 2.34. The molecule has 0 amide bonds. The van der Waals surface area contributed by atoms with Gasteiger partial charge in [0.2, 0.25) is 0 Å². The summed E-state index contributed by atoms with van der Waals surface area (Å²) < 4.78 is 5.25. The fourth-order valence-corrected chi connectivity index (χ4v) is 2.78. The highest BCUT2D eigenvalue weighted by atomic mass is 16.5. The zero-order valence-electron chi connectivity index (χ0n) is 8.41. The van der Waals surface area contributed by atoms with Crippen LogP contribution in [0.1, 0.15) is 38.5 Å². The standard InChI is InChI=1S/C11H20O2/c1-13-10-6-8(7-10)5-9-3-2-4-11(9)12/h8-12H,2-7H2,1H3/t8?,9-,10?,11+/m0/s1. The first-order chi connectivity index (χ1) is 6.29. The maximum absolute atomic E-state index is 9.65. The smallest absolute Gasteiger partial charge is 0.0576 e. The summed E-state index contributed by atoms with van der Waals surface area (Å²) in [5.41, 5.74) is 0. The van der Waals surface area contributed by atoms with E-state index in [9.17, 15) is 5.11 Å². The van der Waals surface area contributed by atoms with E-state index in [0.29, 0.717) is 12.0 Å². The van der Waals surface area contributed by atoms with Gasteiger partial charge in [0.15, 0.2) is 0 Å². The van der Waals surface area contributed by atoms with Crippen LogP contribution in [0.15, 0.2) is 0 Å². The largest absolute Gasteiger partial charge is 0.393 e. The van der Waals surface area contributed by atoms with E-state index in [0.717, 1.165) is 12.3 Å². The van der Waals surface area contributed by atoms with Crippen LogP contribution in [0, 0.1) is 11.8 Å². The summed E-state index contributed by atoms with van der Waals surface area (Å²) in [7, 11) is 1.80. The Bertz CT molecular complexity index is 163. The van der Waals surface area contributed by atoms with Gasteiger partial charge in [0.1, 0.15) is 0 Å². The molecule has 0 aliphatic heterocycles. The second-order valence-electron chi connectivity index (χ2n) is 4.69. The lowest BCUT2D eigenvalue weighted by Gasteiger charge is -2.36. The van der Waals surface area contributed by atoms with Crippen LogP contribution in [-0.2, 0) is 4.74 Å². The van der Waals surface area contributed by atoms with Crippen molar-refractivity contribution in [1.29, 1.82) is 0 Å². The van der Waals surface area contributed by atoms with Crippen molar-refractivity contribution in [3.05, 3.63) is 0 Å². The summed E-state index contributed by atoms with van der Waals surface area (Å²) in [6.07, 6.45) is 7.71. The molecular weight excluding hydrogens is 164 g/mol. The molecule has 2 aliphatic rings. The average molecular weight is 184 g/mol. The van der Waals surface area contributed by atoms with Crippen molar-refractivity contribution in [3.63, 3.8) is 0 Å². The lowest BCUT2D eigenvalue weighted by Crippen LogP contribution is -2.32. The molecule has 0 aromatic rings. The van der Waals surface area contributed by atoms with Gasteiger partial charge in [-0.25, -0.2) is 0 Å². The first-order valence-corrected chi connectivity index (χ1v) is 5.50. The number of ether oxygens (including phenoxy) is 1. The summed E-state index contributed by atoms with van der Waals surface area (Å²) in [6.45, 7) is 0. The van der Waals surface area contributed by atoms with Crippen LogP contribution < -0.4 is 0 Å². The molecule has 0 spiro atoms. The van der Waals surface area contributed by atoms with Crippen LogP contribution in [0.2, 0.25) is 0 Å². The molecule has 13 heavy (non-hydrogen) atoms. The van der Waals surface area contributed by atoms with Gasteiger partial charge in [0, 0.05) is 7.11 Å². The van der Waals surface area contributed by atoms with Crippen LogP contribution in [-0.4, -0.2) is 24.4 Å². The molecule has 0 radical (unpaired) electrons. The molecule has 0 heterocycles. The summed E-state index contributed by atoms with van der Waals surface area (Å²) >= 11 is 0. The molecule has 2 fully saturated rings. The SMILES string of the molecule is COC1CC(C[C@@H]2CCC[C@H]2O)C1. The minimum absolute atomic E-state index is 0.00148. The molecular formula is C11H20O2. The monoisotopic (exact) mass is 184 g/mol. The fraction of sp³-hybridized carbons (Fsp3) is 1.00. The van der Waals surface area contributed by atoms with Crippen molar-refractivity contribution >= 4 is 0 Å². The Hall–Kier alpha value is -0.0800. The van der Waals surface area contributed by atoms with Gasteiger partial charge in [-0.05, 0) is 43.9 Å². The van der Waals surface area contributed by atoms with E-state index >= 15 is 0 Å². The van der Waals surface area contributed by atoms with Crippen molar-refractivity contribution in [2.45, 2.75) is 50.7 Å². The van der Waals surface area contributed by atoms with E-state index in [1.54, 1.807) is 7.11 Å². The van der Waals surface area contributed by atoms with Gasteiger partial charge in [-0.15, -0.1) is 0 Å². The molecule has 2 aliphatic carbocycles. The Labute approximate surface area is 80.3 Å². The van der Waals surface area contributed by atoms with Crippen molar-refractivity contribution in [3.8, 4) is 0 Å². The Balaban J connectivity index is 1.68. The van der Waals surface area contributed by atoms with Crippen molar-refractivity contribution in [1.82, 2.24) is 0 Å². The molecule has 2 saturated carbocycles. The molecule has 1 N–H and O–H groups in total. The summed E-state index contributed by atoms with van der Waals surface area (Å²) in [5, 5.41) is 9.65. The van der Waals surface area contributed by atoms with Gasteiger partial charge < -0.3 is 9.84 Å². The van der Waals surface area contributed by atoms with Crippen LogP contribution in [0.5, 0.6) is 0 Å². The molecule has 0 unspecified atom stereocenters. The van der Waals surface area contributed by atoms with E-state index in [4.69, 9.17) is 4.74 Å². The van der Waals surface area contributed by atoms with Crippen molar-refractivity contribution < 1.29 is 9.84 Å². The van der Waals surface area contributed by atoms with E-state index in [1.807, 2.05) is 0 Å². The molecule has 76 valence electrons. The second kappa shape index (κ2) is 3.97. The van der Waals surface area contributed by atoms with E-state index in [2.05, 4.69) is 0 Å². The minimum atomic E-state index is 0.00148. The first kappa shape index (κ1) is 9.47. The third-order valence-corrected chi connectivity index (χ3v) is 3.78. The Morgan fingerprint density at radius 3 is 2.62 bits per heavy atom. The van der Waals surface area contributed by atoms with Gasteiger partial charge >= 0.3 is 0 Å². The van der Waals surface area contributed by atoms with Crippen molar-refractivity contribution in [2.75, 3.05) is 7.11 Å². The fourth-order valence-electron chi connectivity index (χ4n) is 2.78. The summed E-state index contributed by atoms with van der Waals surface area (Å²) in [4.78, 5) is 0. The zero-order valence-corrected chi connectivity index (χ0v) is 8.41. The average Bonchev–Trinajstić information content (AvgIpc) is 2.43. The molecule has 2 atom stereocenters. The van der Waals surface area contributed by atoms with Gasteiger partial charge in [-0.3, -0.25) is 0 Å². The van der Waals surface area contributed by atoms with Gasteiger partial charge in [-0.1, -0.05) is 6.42 Å². The van der Waals surface area contributed by atoms with Gasteiger partial charge in [0.25, 0.3) is 0 Å².